The molecule has 0 amide bonds. The van der Waals surface area contributed by atoms with Gasteiger partial charge >= 0.3 is 6.18 Å². The maximum Gasteiger partial charge on any atom is 0.416 e. The molecule has 0 heterocycles. The first kappa shape index (κ1) is 19.2. The lowest BCUT2D eigenvalue weighted by Crippen LogP contribution is -2.15. The van der Waals surface area contributed by atoms with Gasteiger partial charge in [-0.05, 0) is 42.7 Å². The van der Waals surface area contributed by atoms with E-state index in [1.165, 1.54) is 18.2 Å². The van der Waals surface area contributed by atoms with Crippen molar-refractivity contribution in [3.63, 3.8) is 0 Å². The molecule has 2 rings (SSSR count). The van der Waals surface area contributed by atoms with Crippen LogP contribution in [0.1, 0.15) is 5.56 Å². The van der Waals surface area contributed by atoms with Crippen LogP contribution in [-0.4, -0.2) is 14.7 Å². The first-order chi connectivity index (χ1) is 11.0. The first-order valence-corrected chi connectivity index (χ1v) is 9.74. The Kier molecular flexibility index (Phi) is 5.64. The fraction of sp³-hybridized carbons (Fsp3) is 0.143. The second-order valence-corrected chi connectivity index (χ2v) is 7.94. The Hall–Kier alpha value is -1.09. The number of hydrogen-bond acceptors (Lipinski definition) is 3. The maximum absolute atomic E-state index is 12.8. The van der Waals surface area contributed by atoms with Crippen molar-refractivity contribution >= 4 is 50.7 Å². The molecular formula is C14H10Cl2F3NO2S2. The third-order valence-electron chi connectivity index (χ3n) is 2.95. The highest BCUT2D eigenvalue weighted by Crippen LogP contribution is 2.35. The maximum atomic E-state index is 12.8. The van der Waals surface area contributed by atoms with Crippen LogP contribution in [0, 0.1) is 0 Å². The van der Waals surface area contributed by atoms with Gasteiger partial charge in [0.15, 0.2) is 0 Å². The van der Waals surface area contributed by atoms with Crippen LogP contribution in [0.4, 0.5) is 18.9 Å². The first-order valence-electron chi connectivity index (χ1n) is 6.27. The molecule has 0 atom stereocenters. The van der Waals surface area contributed by atoms with Crippen molar-refractivity contribution in [1.29, 1.82) is 0 Å². The zero-order chi connectivity index (χ0) is 18.1. The van der Waals surface area contributed by atoms with Crippen LogP contribution in [0.3, 0.4) is 0 Å². The van der Waals surface area contributed by atoms with E-state index in [0.717, 1.165) is 23.9 Å². The van der Waals surface area contributed by atoms with Gasteiger partial charge in [0.05, 0.1) is 16.3 Å². The molecular weight excluding hydrogens is 406 g/mol. The monoisotopic (exact) mass is 415 g/mol. The van der Waals surface area contributed by atoms with E-state index in [4.69, 9.17) is 23.2 Å². The molecule has 2 aromatic carbocycles. The highest BCUT2D eigenvalue weighted by atomic mass is 35.5. The Labute approximate surface area is 151 Å². The minimum atomic E-state index is -4.62. The Morgan fingerprint density at radius 3 is 2.33 bits per heavy atom. The van der Waals surface area contributed by atoms with Gasteiger partial charge in [-0.15, -0.1) is 11.8 Å². The molecule has 0 aromatic heterocycles. The van der Waals surface area contributed by atoms with Gasteiger partial charge in [-0.2, -0.15) is 13.2 Å². The van der Waals surface area contributed by atoms with Crippen LogP contribution in [-0.2, 0) is 16.2 Å². The molecule has 1 N–H and O–H groups in total. The number of halogens is 5. The minimum absolute atomic E-state index is 0.143. The molecule has 0 radical (unpaired) electrons. The number of alkyl halides is 3. The number of rotatable bonds is 4. The summed E-state index contributed by atoms with van der Waals surface area (Å²) in [6.07, 6.45) is -2.95. The van der Waals surface area contributed by atoms with Crippen molar-refractivity contribution in [3.8, 4) is 0 Å². The Morgan fingerprint density at radius 2 is 1.75 bits per heavy atom. The Morgan fingerprint density at radius 1 is 1.08 bits per heavy atom. The Balaban J connectivity index is 2.49. The quantitative estimate of drug-likeness (QED) is 0.667. The molecule has 0 saturated carbocycles. The van der Waals surface area contributed by atoms with Crippen LogP contribution in [0.25, 0.3) is 0 Å². The lowest BCUT2D eigenvalue weighted by Gasteiger charge is -2.14. The van der Waals surface area contributed by atoms with E-state index >= 15 is 0 Å². The van der Waals surface area contributed by atoms with Crippen molar-refractivity contribution in [2.45, 2.75) is 16.0 Å². The lowest BCUT2D eigenvalue weighted by molar-refractivity contribution is -0.137. The summed E-state index contributed by atoms with van der Waals surface area (Å²) in [4.78, 5) is 0.256. The topological polar surface area (TPSA) is 46.2 Å². The Bertz CT molecular complexity index is 871. The van der Waals surface area contributed by atoms with Crippen LogP contribution in [0.2, 0.25) is 10.0 Å². The highest BCUT2D eigenvalue weighted by molar-refractivity contribution is 7.99. The summed E-state index contributed by atoms with van der Waals surface area (Å²) in [7, 11) is -4.17. The van der Waals surface area contributed by atoms with Crippen molar-refractivity contribution in [2.75, 3.05) is 11.0 Å². The largest absolute Gasteiger partial charge is 0.416 e. The van der Waals surface area contributed by atoms with Gasteiger partial charge in [0.25, 0.3) is 10.0 Å². The van der Waals surface area contributed by atoms with E-state index in [1.807, 2.05) is 0 Å². The highest BCUT2D eigenvalue weighted by Gasteiger charge is 2.31. The molecule has 0 aliphatic heterocycles. The fourth-order valence-electron chi connectivity index (χ4n) is 1.84. The van der Waals surface area contributed by atoms with E-state index in [2.05, 4.69) is 4.72 Å². The average molecular weight is 416 g/mol. The SMILES string of the molecule is CSc1ccc(Cl)cc1S(=O)(=O)Nc1cc(C(F)(F)F)ccc1Cl. The smallest absolute Gasteiger partial charge is 0.278 e. The minimum Gasteiger partial charge on any atom is -0.278 e. The van der Waals surface area contributed by atoms with E-state index in [-0.39, 0.29) is 20.6 Å². The van der Waals surface area contributed by atoms with Crippen LogP contribution in [0.15, 0.2) is 46.2 Å². The van der Waals surface area contributed by atoms with Crippen LogP contribution in [0.5, 0.6) is 0 Å². The molecule has 0 unspecified atom stereocenters. The van der Waals surface area contributed by atoms with Crippen LogP contribution >= 0.6 is 35.0 Å². The zero-order valence-corrected chi connectivity index (χ0v) is 15.1. The second kappa shape index (κ2) is 7.03. The predicted molar refractivity (Wildman–Crippen MR) is 90.5 cm³/mol. The lowest BCUT2D eigenvalue weighted by atomic mass is 10.2. The molecule has 130 valence electrons. The van der Waals surface area contributed by atoms with Crippen molar-refractivity contribution < 1.29 is 21.6 Å². The standard InChI is InChI=1S/C14H10Cl2F3NO2S2/c1-23-12-5-3-9(15)7-13(12)24(21,22)20-11-6-8(14(17,18)19)2-4-10(11)16/h2-7,20H,1H3. The van der Waals surface area contributed by atoms with Gasteiger partial charge < -0.3 is 0 Å². The molecule has 0 fully saturated rings. The van der Waals surface area contributed by atoms with Crippen molar-refractivity contribution in [1.82, 2.24) is 0 Å². The molecule has 24 heavy (non-hydrogen) atoms. The second-order valence-electron chi connectivity index (χ2n) is 4.59. The van der Waals surface area contributed by atoms with Gasteiger partial charge in [-0.3, -0.25) is 4.72 Å². The average Bonchev–Trinajstić information content (AvgIpc) is 2.48. The summed E-state index contributed by atoms with van der Waals surface area (Å²) in [5, 5.41) is 0.0302. The number of thioether (sulfide) groups is 1. The normalized spacial score (nSPS) is 12.2. The summed E-state index contributed by atoms with van der Waals surface area (Å²) in [6, 6.07) is 6.64. The summed E-state index contributed by atoms with van der Waals surface area (Å²) < 4.78 is 65.5. The number of anilines is 1. The molecule has 3 nitrogen and oxygen atoms in total. The molecule has 2 aromatic rings. The van der Waals surface area contributed by atoms with E-state index in [1.54, 1.807) is 6.26 Å². The molecule has 10 heteroatoms. The predicted octanol–water partition coefficient (Wildman–Crippen LogP) is 5.53. The van der Waals surface area contributed by atoms with E-state index in [0.29, 0.717) is 11.0 Å². The number of nitrogens with one attached hydrogen (secondary N) is 1. The number of sulfonamides is 1. The van der Waals surface area contributed by atoms with Crippen molar-refractivity contribution in [3.05, 3.63) is 52.0 Å². The van der Waals surface area contributed by atoms with E-state index in [9.17, 15) is 21.6 Å². The van der Waals surface area contributed by atoms with Gasteiger partial charge in [0, 0.05) is 9.92 Å². The summed E-state index contributed by atoms with van der Waals surface area (Å²) in [5.41, 5.74) is -1.38. The third kappa shape index (κ3) is 4.30. The molecule has 0 aliphatic rings. The van der Waals surface area contributed by atoms with Crippen molar-refractivity contribution in [2.24, 2.45) is 0 Å². The molecule has 0 spiro atoms. The van der Waals surface area contributed by atoms with Gasteiger partial charge in [-0.25, -0.2) is 8.42 Å². The van der Waals surface area contributed by atoms with Gasteiger partial charge in [0.2, 0.25) is 0 Å². The van der Waals surface area contributed by atoms with Gasteiger partial charge in [-0.1, -0.05) is 23.2 Å². The van der Waals surface area contributed by atoms with Crippen LogP contribution < -0.4 is 4.72 Å². The fourth-order valence-corrected chi connectivity index (χ4v) is 4.52. The summed E-state index contributed by atoms with van der Waals surface area (Å²) >= 11 is 12.8. The zero-order valence-electron chi connectivity index (χ0n) is 12.0. The molecule has 0 aliphatic carbocycles. The van der Waals surface area contributed by atoms with E-state index < -0.39 is 21.8 Å². The third-order valence-corrected chi connectivity index (χ3v) is 5.85. The number of benzene rings is 2. The molecule has 0 saturated heterocycles. The number of hydrogen-bond donors (Lipinski definition) is 1. The molecule has 0 bridgehead atoms. The van der Waals surface area contributed by atoms with Gasteiger partial charge in [0.1, 0.15) is 4.90 Å². The summed E-state index contributed by atoms with van der Waals surface area (Å²) in [6.45, 7) is 0. The summed E-state index contributed by atoms with van der Waals surface area (Å²) in [5.74, 6) is 0.